The van der Waals surface area contributed by atoms with E-state index in [9.17, 15) is 5.11 Å². The van der Waals surface area contributed by atoms with E-state index in [4.69, 9.17) is 14.5 Å². The Morgan fingerprint density at radius 2 is 1.80 bits per heavy atom. The van der Waals surface area contributed by atoms with Crippen LogP contribution in [0.3, 0.4) is 0 Å². The van der Waals surface area contributed by atoms with E-state index in [1.807, 2.05) is 24.3 Å². The molecule has 1 aliphatic heterocycles. The predicted octanol–water partition coefficient (Wildman–Crippen LogP) is 3.32. The summed E-state index contributed by atoms with van der Waals surface area (Å²) in [5.74, 6) is 2.35. The van der Waals surface area contributed by atoms with E-state index in [1.165, 1.54) is 5.69 Å². The first-order valence-electron chi connectivity index (χ1n) is 9.93. The number of ether oxygens (including phenoxy) is 2. The molecule has 0 atom stereocenters. The van der Waals surface area contributed by atoms with E-state index in [2.05, 4.69) is 34.2 Å². The molecule has 2 aromatic rings. The highest BCUT2D eigenvalue weighted by atomic mass is 127. The molecule has 0 aliphatic carbocycles. The van der Waals surface area contributed by atoms with Crippen LogP contribution in [0.2, 0.25) is 0 Å². The molecule has 2 N–H and O–H groups in total. The van der Waals surface area contributed by atoms with Gasteiger partial charge in [0.15, 0.2) is 17.5 Å². The van der Waals surface area contributed by atoms with E-state index in [-0.39, 0.29) is 29.7 Å². The maximum absolute atomic E-state index is 10.3. The molecule has 0 aromatic heterocycles. The van der Waals surface area contributed by atoms with E-state index in [0.29, 0.717) is 12.3 Å². The van der Waals surface area contributed by atoms with Crippen LogP contribution in [0.25, 0.3) is 0 Å². The lowest BCUT2D eigenvalue weighted by atomic mass is 10.2. The molecule has 0 amide bonds. The molecule has 164 valence electrons. The fourth-order valence-electron chi connectivity index (χ4n) is 3.43. The SMILES string of the molecule is CCNC(=NCc1cccc(OC)c1O)N1CCN(c2cccc(OC)c2)CC1.I. The number of rotatable bonds is 6. The lowest BCUT2D eigenvalue weighted by Gasteiger charge is -2.37. The van der Waals surface area contributed by atoms with Gasteiger partial charge in [0.25, 0.3) is 0 Å². The third-order valence-corrected chi connectivity index (χ3v) is 5.03. The Balaban J connectivity index is 0.00000320. The minimum absolute atomic E-state index is 0. The molecule has 0 unspecified atom stereocenters. The first kappa shape index (κ1) is 23.9. The molecule has 1 fully saturated rings. The molecule has 0 radical (unpaired) electrons. The number of hydrogen-bond acceptors (Lipinski definition) is 5. The molecule has 0 spiro atoms. The number of halogens is 1. The van der Waals surface area contributed by atoms with Gasteiger partial charge in [0.05, 0.1) is 20.8 Å². The number of phenolic OH excluding ortho intramolecular Hbond substituents is 1. The fourth-order valence-corrected chi connectivity index (χ4v) is 3.43. The molecule has 30 heavy (non-hydrogen) atoms. The molecule has 1 saturated heterocycles. The van der Waals surface area contributed by atoms with Crippen molar-refractivity contribution in [3.63, 3.8) is 0 Å². The third kappa shape index (κ3) is 5.84. The van der Waals surface area contributed by atoms with Crippen LogP contribution in [0.1, 0.15) is 12.5 Å². The van der Waals surface area contributed by atoms with Gasteiger partial charge in [-0.25, -0.2) is 4.99 Å². The largest absolute Gasteiger partial charge is 0.504 e. The van der Waals surface area contributed by atoms with Gasteiger partial charge in [0.2, 0.25) is 0 Å². The van der Waals surface area contributed by atoms with Crippen molar-refractivity contribution in [2.24, 2.45) is 4.99 Å². The third-order valence-electron chi connectivity index (χ3n) is 5.03. The second kappa shape index (κ2) is 11.7. The quantitative estimate of drug-likeness (QED) is 0.342. The number of nitrogens with zero attached hydrogens (tertiary/aromatic N) is 3. The van der Waals surface area contributed by atoms with Crippen LogP contribution >= 0.6 is 24.0 Å². The number of anilines is 1. The number of phenols is 1. The zero-order valence-corrected chi connectivity index (χ0v) is 20.1. The molecule has 3 rings (SSSR count). The monoisotopic (exact) mass is 526 g/mol. The maximum atomic E-state index is 10.3. The molecule has 1 heterocycles. The van der Waals surface area contributed by atoms with Crippen LogP contribution in [0.5, 0.6) is 17.2 Å². The smallest absolute Gasteiger partial charge is 0.194 e. The minimum Gasteiger partial charge on any atom is -0.504 e. The predicted molar refractivity (Wildman–Crippen MR) is 132 cm³/mol. The summed E-state index contributed by atoms with van der Waals surface area (Å²) in [4.78, 5) is 9.37. The minimum atomic E-state index is 0. The summed E-state index contributed by atoms with van der Waals surface area (Å²) in [5, 5.41) is 13.7. The number of guanidine groups is 1. The van der Waals surface area contributed by atoms with Crippen LogP contribution in [0.4, 0.5) is 5.69 Å². The van der Waals surface area contributed by atoms with Gasteiger partial charge in [0, 0.05) is 50.0 Å². The molecule has 0 saturated carbocycles. The van der Waals surface area contributed by atoms with E-state index < -0.39 is 0 Å². The number of nitrogens with one attached hydrogen (secondary N) is 1. The topological polar surface area (TPSA) is 69.6 Å². The number of para-hydroxylation sites is 1. The summed E-state index contributed by atoms with van der Waals surface area (Å²) >= 11 is 0. The Hall–Kier alpha value is -2.36. The van der Waals surface area contributed by atoms with Gasteiger partial charge in [-0.2, -0.15) is 0 Å². The summed E-state index contributed by atoms with van der Waals surface area (Å²) in [5.41, 5.74) is 1.92. The van der Waals surface area contributed by atoms with Crippen molar-refractivity contribution in [1.82, 2.24) is 10.2 Å². The fraction of sp³-hybridized carbons (Fsp3) is 0.409. The van der Waals surface area contributed by atoms with Gasteiger partial charge >= 0.3 is 0 Å². The van der Waals surface area contributed by atoms with Gasteiger partial charge in [-0.1, -0.05) is 18.2 Å². The highest BCUT2D eigenvalue weighted by molar-refractivity contribution is 14.0. The van der Waals surface area contributed by atoms with Crippen molar-refractivity contribution in [3.8, 4) is 17.2 Å². The number of aromatic hydroxyl groups is 1. The van der Waals surface area contributed by atoms with Crippen molar-refractivity contribution < 1.29 is 14.6 Å². The Kier molecular flexibility index (Phi) is 9.35. The molecule has 1 aliphatic rings. The Labute approximate surface area is 195 Å². The van der Waals surface area contributed by atoms with Crippen molar-refractivity contribution in [2.75, 3.05) is 51.8 Å². The second-order valence-corrected chi connectivity index (χ2v) is 6.81. The summed E-state index contributed by atoms with van der Waals surface area (Å²) in [6.45, 7) is 6.79. The lowest BCUT2D eigenvalue weighted by Crippen LogP contribution is -2.52. The van der Waals surface area contributed by atoms with Gasteiger partial charge in [0.1, 0.15) is 5.75 Å². The van der Waals surface area contributed by atoms with Crippen molar-refractivity contribution in [1.29, 1.82) is 0 Å². The Bertz CT molecular complexity index is 839. The second-order valence-electron chi connectivity index (χ2n) is 6.81. The number of aliphatic imine (C=N–C) groups is 1. The van der Waals surface area contributed by atoms with Crippen molar-refractivity contribution in [2.45, 2.75) is 13.5 Å². The number of piperazine rings is 1. The van der Waals surface area contributed by atoms with Gasteiger partial charge in [-0.15, -0.1) is 24.0 Å². The number of methoxy groups -OCH3 is 2. The van der Waals surface area contributed by atoms with Crippen molar-refractivity contribution >= 4 is 35.6 Å². The van der Waals surface area contributed by atoms with Gasteiger partial charge in [-0.05, 0) is 25.1 Å². The molecule has 8 heteroatoms. The number of hydrogen-bond donors (Lipinski definition) is 2. The normalized spacial score (nSPS) is 14.2. The molecular formula is C22H31IN4O3. The van der Waals surface area contributed by atoms with E-state index in [1.54, 1.807) is 20.3 Å². The highest BCUT2D eigenvalue weighted by Gasteiger charge is 2.20. The summed E-state index contributed by atoms with van der Waals surface area (Å²) in [6.07, 6.45) is 0. The first-order chi connectivity index (χ1) is 14.2. The van der Waals surface area contributed by atoms with E-state index >= 15 is 0 Å². The summed E-state index contributed by atoms with van der Waals surface area (Å²) < 4.78 is 10.5. The molecule has 2 aromatic carbocycles. The summed E-state index contributed by atoms with van der Waals surface area (Å²) in [7, 11) is 3.24. The van der Waals surface area contributed by atoms with Crippen molar-refractivity contribution in [3.05, 3.63) is 48.0 Å². The van der Waals surface area contributed by atoms with Gasteiger partial charge in [-0.3, -0.25) is 0 Å². The van der Waals surface area contributed by atoms with Crippen LogP contribution in [0, 0.1) is 0 Å². The molecular weight excluding hydrogens is 495 g/mol. The summed E-state index contributed by atoms with van der Waals surface area (Å²) in [6, 6.07) is 13.6. The average Bonchev–Trinajstić information content (AvgIpc) is 2.77. The Morgan fingerprint density at radius 3 is 2.47 bits per heavy atom. The maximum Gasteiger partial charge on any atom is 0.194 e. The zero-order valence-electron chi connectivity index (χ0n) is 17.8. The van der Waals surface area contributed by atoms with Crippen LogP contribution in [-0.4, -0.2) is 62.9 Å². The van der Waals surface area contributed by atoms with E-state index in [0.717, 1.165) is 50.0 Å². The highest BCUT2D eigenvalue weighted by Crippen LogP contribution is 2.29. The average molecular weight is 526 g/mol. The van der Waals surface area contributed by atoms with Crippen LogP contribution in [0.15, 0.2) is 47.5 Å². The number of benzene rings is 2. The molecule has 7 nitrogen and oxygen atoms in total. The van der Waals surface area contributed by atoms with Crippen LogP contribution in [-0.2, 0) is 6.54 Å². The standard InChI is InChI=1S/C22H30N4O3.HI/c1-4-23-22(24-16-17-7-5-10-20(29-3)21(17)27)26-13-11-25(12-14-26)18-8-6-9-19(15-18)28-2;/h5-10,15,27H,4,11-14,16H2,1-3H3,(H,23,24);1H. The van der Waals surface area contributed by atoms with Gasteiger partial charge < -0.3 is 29.7 Å². The first-order valence-corrected chi connectivity index (χ1v) is 9.93. The van der Waals surface area contributed by atoms with Crippen LogP contribution < -0.4 is 19.7 Å². The zero-order chi connectivity index (χ0) is 20.6. The Morgan fingerprint density at radius 1 is 1.07 bits per heavy atom. The molecule has 0 bridgehead atoms. The lowest BCUT2D eigenvalue weighted by molar-refractivity contribution is 0.368.